The van der Waals surface area contributed by atoms with Crippen LogP contribution >= 0.6 is 34.5 Å². The van der Waals surface area contributed by atoms with Crippen LogP contribution in [0.5, 0.6) is 0 Å². The molecule has 0 aromatic carbocycles. The van der Waals surface area contributed by atoms with Gasteiger partial charge in [-0.2, -0.15) is 0 Å². The fraction of sp³-hybridized carbons (Fsp3) is 0. The number of aromatic nitrogens is 1. The molecule has 5 heteroatoms. The highest BCUT2D eigenvalue weighted by Gasteiger charge is 2.07. The van der Waals surface area contributed by atoms with E-state index in [-0.39, 0.29) is 0 Å². The van der Waals surface area contributed by atoms with Gasteiger partial charge in [-0.15, -0.1) is 0 Å². The van der Waals surface area contributed by atoms with Crippen LogP contribution in [0.15, 0.2) is 22.7 Å². The van der Waals surface area contributed by atoms with Crippen molar-refractivity contribution in [3.05, 3.63) is 27.9 Å². The maximum absolute atomic E-state index is 5.70. The zero-order chi connectivity index (χ0) is 8.55. The van der Waals surface area contributed by atoms with Crippen LogP contribution in [-0.4, -0.2) is 4.98 Å². The first kappa shape index (κ1) is 8.10. The highest BCUT2D eigenvalue weighted by Crippen LogP contribution is 2.30. The van der Waals surface area contributed by atoms with Gasteiger partial charge < -0.3 is 4.42 Å². The first-order valence-corrected chi connectivity index (χ1v) is 4.70. The van der Waals surface area contributed by atoms with Gasteiger partial charge in [-0.05, 0) is 23.7 Å². The average molecular weight is 220 g/mol. The molecule has 0 N–H and O–H groups in total. The molecule has 0 aliphatic rings. The first-order chi connectivity index (χ1) is 5.75. The van der Waals surface area contributed by atoms with Gasteiger partial charge in [0, 0.05) is 0 Å². The Hall–Kier alpha value is -0.510. The van der Waals surface area contributed by atoms with E-state index in [2.05, 4.69) is 4.98 Å². The van der Waals surface area contributed by atoms with Gasteiger partial charge in [0.25, 0.3) is 0 Å². The first-order valence-electron chi connectivity index (χ1n) is 3.13. The van der Waals surface area contributed by atoms with E-state index in [1.54, 1.807) is 18.3 Å². The molecule has 2 aromatic rings. The van der Waals surface area contributed by atoms with Crippen molar-refractivity contribution in [1.29, 1.82) is 0 Å². The predicted octanol–water partition coefficient (Wildman–Crippen LogP) is 3.71. The normalized spacial score (nSPS) is 10.5. The number of hydrogen-bond acceptors (Lipinski definition) is 3. The summed E-state index contributed by atoms with van der Waals surface area (Å²) in [4.78, 5) is 4.03. The summed E-state index contributed by atoms with van der Waals surface area (Å²) in [6, 6.07) is 3.43. The molecule has 2 nitrogen and oxygen atoms in total. The molecule has 0 bridgehead atoms. The molecular formula is C7H3Cl2NOS. The Balaban J connectivity index is 2.43. The van der Waals surface area contributed by atoms with E-state index in [9.17, 15) is 0 Å². The summed E-state index contributed by atoms with van der Waals surface area (Å²) in [5.41, 5.74) is 0. The number of nitrogens with zero attached hydrogens (tertiary/aromatic N) is 1. The summed E-state index contributed by atoms with van der Waals surface area (Å²) in [6.45, 7) is 0. The van der Waals surface area contributed by atoms with Crippen LogP contribution in [-0.2, 0) is 0 Å². The lowest BCUT2D eigenvalue weighted by Gasteiger charge is -1.85. The van der Waals surface area contributed by atoms with Gasteiger partial charge in [0.1, 0.15) is 4.34 Å². The van der Waals surface area contributed by atoms with Gasteiger partial charge in [-0.25, -0.2) is 4.98 Å². The highest BCUT2D eigenvalue weighted by molar-refractivity contribution is 7.18. The molecule has 0 amide bonds. The van der Waals surface area contributed by atoms with Crippen LogP contribution in [0.25, 0.3) is 10.8 Å². The second-order valence-corrected chi connectivity index (χ2v) is 4.11. The zero-order valence-electron chi connectivity index (χ0n) is 5.75. The Morgan fingerprint density at radius 1 is 1.33 bits per heavy atom. The van der Waals surface area contributed by atoms with Gasteiger partial charge >= 0.3 is 0 Å². The van der Waals surface area contributed by atoms with Crippen LogP contribution < -0.4 is 0 Å². The third-order valence-electron chi connectivity index (χ3n) is 1.26. The molecule has 2 heterocycles. The number of halogens is 2. The van der Waals surface area contributed by atoms with E-state index in [1.165, 1.54) is 11.3 Å². The van der Waals surface area contributed by atoms with Crippen LogP contribution in [0.4, 0.5) is 0 Å². The van der Waals surface area contributed by atoms with Crippen molar-refractivity contribution in [1.82, 2.24) is 4.98 Å². The lowest BCUT2D eigenvalue weighted by Crippen LogP contribution is -1.66. The molecule has 62 valence electrons. The standard InChI is InChI=1S/C7H3Cl2NOS/c8-5-2-1-4(11-5)7-10-3-6(9)12-7/h1-3H. The van der Waals surface area contributed by atoms with Crippen LogP contribution in [0, 0.1) is 0 Å². The largest absolute Gasteiger partial charge is 0.442 e. The van der Waals surface area contributed by atoms with Crippen molar-refractivity contribution in [3.8, 4) is 10.8 Å². The maximum atomic E-state index is 5.70. The second-order valence-electron chi connectivity index (χ2n) is 2.07. The van der Waals surface area contributed by atoms with Gasteiger partial charge in [0.2, 0.25) is 0 Å². The van der Waals surface area contributed by atoms with E-state index in [0.717, 1.165) is 5.01 Å². The Morgan fingerprint density at radius 2 is 2.17 bits per heavy atom. The molecule has 2 aromatic heterocycles. The summed E-state index contributed by atoms with van der Waals surface area (Å²) in [6.07, 6.45) is 1.58. The van der Waals surface area contributed by atoms with Gasteiger partial charge in [-0.3, -0.25) is 0 Å². The van der Waals surface area contributed by atoms with E-state index in [4.69, 9.17) is 27.6 Å². The molecule has 0 saturated carbocycles. The van der Waals surface area contributed by atoms with Crippen molar-refractivity contribution in [2.75, 3.05) is 0 Å². The third-order valence-corrected chi connectivity index (χ3v) is 2.59. The molecular weight excluding hydrogens is 217 g/mol. The predicted molar refractivity (Wildman–Crippen MR) is 49.8 cm³/mol. The molecule has 0 aliphatic carbocycles. The Labute approximate surface area is 82.7 Å². The van der Waals surface area contributed by atoms with Crippen molar-refractivity contribution in [2.45, 2.75) is 0 Å². The van der Waals surface area contributed by atoms with Crippen LogP contribution in [0.3, 0.4) is 0 Å². The minimum Gasteiger partial charge on any atom is -0.442 e. The molecule has 0 atom stereocenters. The minimum atomic E-state index is 0.358. The molecule has 0 fully saturated rings. The molecule has 0 spiro atoms. The Morgan fingerprint density at radius 3 is 2.67 bits per heavy atom. The maximum Gasteiger partial charge on any atom is 0.194 e. The molecule has 12 heavy (non-hydrogen) atoms. The minimum absolute atomic E-state index is 0.358. The number of thiazole rings is 1. The summed E-state index contributed by atoms with van der Waals surface area (Å²) in [5.74, 6) is 0.650. The molecule has 0 aliphatic heterocycles. The summed E-state index contributed by atoms with van der Waals surface area (Å²) in [5, 5.41) is 1.10. The molecule has 0 unspecified atom stereocenters. The highest BCUT2D eigenvalue weighted by atomic mass is 35.5. The van der Waals surface area contributed by atoms with Crippen molar-refractivity contribution >= 4 is 34.5 Å². The monoisotopic (exact) mass is 219 g/mol. The molecule has 0 saturated heterocycles. The smallest absolute Gasteiger partial charge is 0.194 e. The van der Waals surface area contributed by atoms with Gasteiger partial charge in [0.05, 0.1) is 6.20 Å². The topological polar surface area (TPSA) is 26.0 Å². The lowest BCUT2D eigenvalue weighted by molar-refractivity contribution is 0.584. The fourth-order valence-corrected chi connectivity index (χ4v) is 1.82. The Kier molecular flexibility index (Phi) is 2.09. The van der Waals surface area contributed by atoms with Gasteiger partial charge in [0.15, 0.2) is 16.0 Å². The lowest BCUT2D eigenvalue weighted by atomic mass is 10.5. The van der Waals surface area contributed by atoms with Crippen LogP contribution in [0.2, 0.25) is 9.56 Å². The quantitative estimate of drug-likeness (QED) is 0.732. The van der Waals surface area contributed by atoms with Gasteiger partial charge in [-0.1, -0.05) is 22.9 Å². The molecule has 2 rings (SSSR count). The number of furan rings is 1. The van der Waals surface area contributed by atoms with Crippen molar-refractivity contribution < 1.29 is 4.42 Å². The van der Waals surface area contributed by atoms with E-state index >= 15 is 0 Å². The summed E-state index contributed by atoms with van der Waals surface area (Å²) < 4.78 is 5.77. The zero-order valence-corrected chi connectivity index (χ0v) is 8.08. The van der Waals surface area contributed by atoms with E-state index in [0.29, 0.717) is 15.3 Å². The van der Waals surface area contributed by atoms with E-state index in [1.807, 2.05) is 0 Å². The SMILES string of the molecule is Clc1ccc(-c2ncc(Cl)s2)o1. The number of rotatable bonds is 1. The van der Waals surface area contributed by atoms with E-state index < -0.39 is 0 Å². The van der Waals surface area contributed by atoms with Crippen LogP contribution in [0.1, 0.15) is 0 Å². The second kappa shape index (κ2) is 3.09. The number of hydrogen-bond donors (Lipinski definition) is 0. The molecule has 0 radical (unpaired) electrons. The van der Waals surface area contributed by atoms with Crippen molar-refractivity contribution in [3.63, 3.8) is 0 Å². The van der Waals surface area contributed by atoms with Crippen molar-refractivity contribution in [2.24, 2.45) is 0 Å². The summed E-state index contributed by atoms with van der Waals surface area (Å²) >= 11 is 12.6. The fourth-order valence-electron chi connectivity index (χ4n) is 0.798. The summed E-state index contributed by atoms with van der Waals surface area (Å²) in [7, 11) is 0. The Bertz CT molecular complexity index is 357. The third kappa shape index (κ3) is 1.48. The average Bonchev–Trinajstić information content (AvgIpc) is 2.58.